The quantitative estimate of drug-likeness (QED) is 0.125. The van der Waals surface area contributed by atoms with Gasteiger partial charge in [-0.3, -0.25) is 0 Å². The maximum absolute atomic E-state index is 6.03. The summed E-state index contributed by atoms with van der Waals surface area (Å²) < 4.78 is 9.86. The van der Waals surface area contributed by atoms with Crippen molar-refractivity contribution in [2.75, 3.05) is 0 Å². The number of imidazole rings is 1. The van der Waals surface area contributed by atoms with E-state index in [-0.39, 0.29) is 20.1 Å². The van der Waals surface area contributed by atoms with Crippen molar-refractivity contribution in [1.82, 2.24) is 9.55 Å². The Morgan fingerprint density at radius 3 is 2.02 bits per heavy atom. The summed E-state index contributed by atoms with van der Waals surface area (Å²) >= 11 is -2.07. The van der Waals surface area contributed by atoms with Crippen LogP contribution in [0, 0.1) is 6.26 Å². The van der Waals surface area contributed by atoms with Gasteiger partial charge in [0.2, 0.25) is 0 Å². The molecule has 0 aliphatic rings. The van der Waals surface area contributed by atoms with Crippen molar-refractivity contribution in [2.24, 2.45) is 0 Å². The van der Waals surface area contributed by atoms with Gasteiger partial charge in [-0.2, -0.15) is 0 Å². The van der Waals surface area contributed by atoms with Gasteiger partial charge in [0.1, 0.15) is 0 Å². The van der Waals surface area contributed by atoms with Crippen molar-refractivity contribution in [1.29, 1.82) is 0 Å². The molecule has 0 saturated carbocycles. The van der Waals surface area contributed by atoms with Gasteiger partial charge >= 0.3 is 223 Å². The first-order valence-corrected chi connectivity index (χ1v) is 21.6. The van der Waals surface area contributed by atoms with Gasteiger partial charge in [0.05, 0.1) is 0 Å². The standard InChI is InChI=1S/C36H37GeN2O.Ir/c1-23(2)28-19-26(25-13-9-8-10-14-25)20-29(24(3)4)35(28)39-33-16-12-11-15-32(33)38-36(39)31-22-40-34-18-17-27(21-30(31)34)37(5,6)7;/h8-21,23-24H,1-7H3;/q-1;. The summed E-state index contributed by atoms with van der Waals surface area (Å²) in [5.74, 6) is 8.80. The Balaban J connectivity index is 0.00000337. The Bertz CT molecular complexity index is 1810. The average Bonchev–Trinajstić information content (AvgIpc) is 3.53. The van der Waals surface area contributed by atoms with E-state index >= 15 is 0 Å². The average molecular weight is 779 g/mol. The van der Waals surface area contributed by atoms with Gasteiger partial charge in [0.15, 0.2) is 0 Å². The number of para-hydroxylation sites is 2. The van der Waals surface area contributed by atoms with Gasteiger partial charge in [-0.25, -0.2) is 0 Å². The minimum Gasteiger partial charge on any atom is 0 e. The number of hydrogen-bond donors (Lipinski definition) is 0. The van der Waals surface area contributed by atoms with Gasteiger partial charge < -0.3 is 0 Å². The number of furan rings is 1. The first-order valence-electron chi connectivity index (χ1n) is 14.3. The molecule has 0 aliphatic heterocycles. The topological polar surface area (TPSA) is 31.0 Å². The number of nitrogens with zero attached hydrogens (tertiary/aromatic N) is 2. The van der Waals surface area contributed by atoms with Gasteiger partial charge in [-0.1, -0.05) is 18.2 Å². The van der Waals surface area contributed by atoms with Crippen molar-refractivity contribution in [3.63, 3.8) is 0 Å². The summed E-state index contributed by atoms with van der Waals surface area (Å²) in [6, 6.07) is 30.6. The molecule has 211 valence electrons. The fourth-order valence-electron chi connectivity index (χ4n) is 5.64. The minimum atomic E-state index is -2.07. The number of fused-ring (bicyclic) bond motifs is 2. The van der Waals surface area contributed by atoms with Crippen LogP contribution in [0.3, 0.4) is 0 Å². The number of hydrogen-bond acceptors (Lipinski definition) is 2. The molecule has 0 bridgehead atoms. The van der Waals surface area contributed by atoms with E-state index < -0.39 is 13.3 Å². The summed E-state index contributed by atoms with van der Waals surface area (Å²) in [6.45, 7) is 9.16. The molecule has 0 N–H and O–H groups in total. The molecule has 41 heavy (non-hydrogen) atoms. The predicted molar refractivity (Wildman–Crippen MR) is 172 cm³/mol. The van der Waals surface area contributed by atoms with E-state index in [1.165, 1.54) is 32.3 Å². The van der Waals surface area contributed by atoms with Crippen molar-refractivity contribution in [3.05, 3.63) is 102 Å². The Morgan fingerprint density at radius 1 is 0.756 bits per heavy atom. The smallest absolute Gasteiger partial charge is 0 e. The fourth-order valence-corrected chi connectivity index (χ4v) is 8.08. The minimum absolute atomic E-state index is 0. The van der Waals surface area contributed by atoms with Crippen molar-refractivity contribution in [2.45, 2.75) is 56.8 Å². The Labute approximate surface area is 259 Å². The van der Waals surface area contributed by atoms with Crippen LogP contribution in [0.15, 0.2) is 89.3 Å². The first-order chi connectivity index (χ1) is 19.1. The van der Waals surface area contributed by atoms with Gasteiger partial charge in [0.25, 0.3) is 0 Å². The Morgan fingerprint density at radius 2 is 1.39 bits per heavy atom. The van der Waals surface area contributed by atoms with E-state index in [2.05, 4.69) is 141 Å². The van der Waals surface area contributed by atoms with Crippen molar-refractivity contribution < 1.29 is 24.5 Å². The largest absolute Gasteiger partial charge is 0 e. The molecule has 0 saturated heterocycles. The normalized spacial score (nSPS) is 12.0. The summed E-state index contributed by atoms with van der Waals surface area (Å²) in [5, 5.41) is 1.09. The summed E-state index contributed by atoms with van der Waals surface area (Å²) in [7, 11) is 0. The molecule has 6 aromatic rings. The van der Waals surface area contributed by atoms with E-state index in [9.17, 15) is 0 Å². The third-order valence-corrected chi connectivity index (χ3v) is 12.2. The van der Waals surface area contributed by atoms with Gasteiger partial charge in [0, 0.05) is 20.1 Å². The third kappa shape index (κ3) is 5.38. The van der Waals surface area contributed by atoms with E-state index in [1.807, 2.05) is 0 Å². The molecular weight excluding hydrogens is 741 g/mol. The van der Waals surface area contributed by atoms with Crippen LogP contribution >= 0.6 is 0 Å². The number of benzene rings is 4. The number of aromatic nitrogens is 2. The van der Waals surface area contributed by atoms with E-state index in [0.29, 0.717) is 11.8 Å². The van der Waals surface area contributed by atoms with Crippen molar-refractivity contribution >= 4 is 39.7 Å². The Kier molecular flexibility index (Phi) is 8.22. The molecule has 2 aromatic heterocycles. The summed E-state index contributed by atoms with van der Waals surface area (Å²) in [5.41, 5.74) is 10.2. The maximum Gasteiger partial charge on any atom is 0 e. The van der Waals surface area contributed by atoms with E-state index in [1.54, 1.807) is 0 Å². The Hall–Kier alpha value is -2.92. The van der Waals surface area contributed by atoms with Crippen LogP contribution in [0.5, 0.6) is 0 Å². The molecule has 0 spiro atoms. The fraction of sp³-hybridized carbons (Fsp3) is 0.250. The second-order valence-electron chi connectivity index (χ2n) is 12.5. The molecule has 3 nitrogen and oxygen atoms in total. The van der Waals surface area contributed by atoms with Crippen molar-refractivity contribution in [3.8, 4) is 28.2 Å². The first kappa shape index (κ1) is 29.6. The molecule has 0 fully saturated rings. The second-order valence-corrected chi connectivity index (χ2v) is 23.1. The van der Waals surface area contributed by atoms with Crippen LogP contribution in [0.2, 0.25) is 17.3 Å². The maximum atomic E-state index is 6.03. The zero-order chi connectivity index (χ0) is 28.2. The third-order valence-electron chi connectivity index (χ3n) is 7.91. The van der Waals surface area contributed by atoms with Crippen LogP contribution in [0.4, 0.5) is 0 Å². The molecule has 2 heterocycles. The molecule has 0 amide bonds. The van der Waals surface area contributed by atoms with E-state index in [0.717, 1.165) is 33.4 Å². The van der Waals surface area contributed by atoms with Crippen LogP contribution in [0.1, 0.15) is 50.7 Å². The molecule has 1 radical (unpaired) electrons. The van der Waals surface area contributed by atoms with Gasteiger partial charge in [-0.05, 0) is 0 Å². The summed E-state index contributed by atoms with van der Waals surface area (Å²) in [6.07, 6.45) is 3.28. The monoisotopic (exact) mass is 780 g/mol. The molecule has 6 rings (SSSR count). The molecule has 4 aromatic carbocycles. The second kappa shape index (κ2) is 11.4. The van der Waals surface area contributed by atoms with Crippen LogP contribution in [-0.4, -0.2) is 22.8 Å². The molecule has 0 aliphatic carbocycles. The molecular formula is C36H37GeIrN2O-. The number of rotatable bonds is 6. The van der Waals surface area contributed by atoms with Crippen LogP contribution < -0.4 is 4.40 Å². The van der Waals surface area contributed by atoms with Crippen LogP contribution in [0.25, 0.3) is 50.2 Å². The SMILES string of the molecule is CC(C)c1cc(-c2ccccc2)cc(C(C)C)c1-n1c(-c2[c-]oc3cc[c]([Ge]([CH3])([CH3])[CH3])cc23)nc2ccccc21.[Ir]. The zero-order valence-corrected chi connectivity index (χ0v) is 29.4. The predicted octanol–water partition coefficient (Wildman–Crippen LogP) is 9.70. The van der Waals surface area contributed by atoms with Crippen LogP contribution in [-0.2, 0) is 20.1 Å². The molecule has 0 unspecified atom stereocenters. The van der Waals surface area contributed by atoms with E-state index in [4.69, 9.17) is 9.40 Å². The zero-order valence-electron chi connectivity index (χ0n) is 24.9. The molecule has 0 atom stereocenters. The van der Waals surface area contributed by atoms with Gasteiger partial charge in [-0.15, -0.1) is 0 Å². The summed E-state index contributed by atoms with van der Waals surface area (Å²) in [4.78, 5) is 5.24. The molecule has 5 heteroatoms.